The molecule has 1 N–H and O–H groups in total. The third-order valence-electron chi connectivity index (χ3n) is 5.94. The third-order valence-corrected chi connectivity index (χ3v) is 5.94. The minimum Gasteiger partial charge on any atom is -0.352 e. The predicted octanol–water partition coefficient (Wildman–Crippen LogP) is 2.36. The maximum atomic E-state index is 12.5. The van der Waals surface area contributed by atoms with Crippen LogP contribution in [0.1, 0.15) is 64.7 Å². The summed E-state index contributed by atoms with van der Waals surface area (Å²) in [5.41, 5.74) is 1.23. The molecule has 1 aliphatic heterocycles. The van der Waals surface area contributed by atoms with Crippen LogP contribution in [0, 0.1) is 5.92 Å². The van der Waals surface area contributed by atoms with Crippen molar-refractivity contribution in [1.82, 2.24) is 15.1 Å². The quantitative estimate of drug-likeness (QED) is 0.439. The van der Waals surface area contributed by atoms with Crippen molar-refractivity contribution in [3.63, 3.8) is 0 Å². The summed E-state index contributed by atoms with van der Waals surface area (Å²) in [6, 6.07) is -0.600. The second-order valence-corrected chi connectivity index (χ2v) is 7.92. The van der Waals surface area contributed by atoms with E-state index in [4.69, 9.17) is 0 Å². The number of carbonyl (C=O) groups is 4. The van der Waals surface area contributed by atoms with Gasteiger partial charge in [-0.25, -0.2) is 9.69 Å². The van der Waals surface area contributed by atoms with Crippen LogP contribution in [0.5, 0.6) is 0 Å². The number of rotatable bonds is 6. The summed E-state index contributed by atoms with van der Waals surface area (Å²) in [5.74, 6) is -1.71. The maximum Gasteiger partial charge on any atom is 0.334 e. The van der Waals surface area contributed by atoms with E-state index in [2.05, 4.69) is 18.3 Å². The molecule has 1 heterocycles. The summed E-state index contributed by atoms with van der Waals surface area (Å²) in [4.78, 5) is 51.0. The summed E-state index contributed by atoms with van der Waals surface area (Å²) >= 11 is 0. The van der Waals surface area contributed by atoms with Crippen LogP contribution >= 0.6 is 0 Å². The molecule has 1 saturated heterocycles. The van der Waals surface area contributed by atoms with Crippen LogP contribution in [0.3, 0.4) is 0 Å². The molecule has 3 rings (SSSR count). The molecule has 0 unspecified atom stereocenters. The molecule has 148 valence electrons. The molecule has 2 fully saturated rings. The van der Waals surface area contributed by atoms with Gasteiger partial charge in [0.15, 0.2) is 0 Å². The van der Waals surface area contributed by atoms with Gasteiger partial charge in [0.05, 0.1) is 0 Å². The Labute approximate surface area is 160 Å². The maximum absolute atomic E-state index is 12.5. The van der Waals surface area contributed by atoms with Crippen LogP contribution in [0.15, 0.2) is 11.6 Å². The summed E-state index contributed by atoms with van der Waals surface area (Å²) in [6.07, 6.45) is 11.3. The van der Waals surface area contributed by atoms with Crippen molar-refractivity contribution in [1.29, 1.82) is 0 Å². The van der Waals surface area contributed by atoms with E-state index < -0.39 is 17.8 Å². The number of imide groups is 2. The second kappa shape index (κ2) is 8.67. The summed E-state index contributed by atoms with van der Waals surface area (Å²) in [6.45, 7) is 1.92. The lowest BCUT2D eigenvalue weighted by Crippen LogP contribution is -2.47. The largest absolute Gasteiger partial charge is 0.352 e. The van der Waals surface area contributed by atoms with Crippen molar-refractivity contribution in [3.05, 3.63) is 11.6 Å². The zero-order valence-corrected chi connectivity index (χ0v) is 16.0. The summed E-state index contributed by atoms with van der Waals surface area (Å²) in [5, 5.41) is 2.93. The zero-order chi connectivity index (χ0) is 19.4. The molecular formula is C20H29N3O4. The number of urea groups is 1. The minimum absolute atomic E-state index is 0.0732. The normalized spacial score (nSPS) is 26.4. The molecule has 0 bridgehead atoms. The standard InChI is InChI=1S/C20H29N3O4/c1-14-7-5-6-10-16(14)21-17(24)13-23-19(26)18(25)22(20(23)27)12-11-15-8-3-2-4-9-15/h8,14,16H,2-7,9-13H2,1H3,(H,21,24)/t14-,16+/m1/s1. The van der Waals surface area contributed by atoms with Crippen LogP contribution < -0.4 is 5.32 Å². The highest BCUT2D eigenvalue weighted by atomic mass is 16.2. The third kappa shape index (κ3) is 4.57. The van der Waals surface area contributed by atoms with Crippen LogP contribution in [-0.4, -0.2) is 52.7 Å². The SMILES string of the molecule is C[C@@H]1CCCC[C@@H]1NC(=O)CN1C(=O)C(=O)N(CCC2=CCCCC2)C1=O. The molecule has 1 saturated carbocycles. The van der Waals surface area contributed by atoms with Crippen molar-refractivity contribution < 1.29 is 19.2 Å². The number of carbonyl (C=O) groups excluding carboxylic acids is 4. The molecule has 7 nitrogen and oxygen atoms in total. The topological polar surface area (TPSA) is 86.8 Å². The van der Waals surface area contributed by atoms with E-state index in [-0.39, 0.29) is 25.0 Å². The molecule has 0 radical (unpaired) electrons. The Balaban J connectivity index is 1.55. The Morgan fingerprint density at radius 3 is 2.52 bits per heavy atom. The smallest absolute Gasteiger partial charge is 0.334 e. The zero-order valence-electron chi connectivity index (χ0n) is 16.0. The number of amides is 5. The molecule has 2 aliphatic carbocycles. The van der Waals surface area contributed by atoms with Gasteiger partial charge in [0.2, 0.25) is 5.91 Å². The molecule has 5 amide bonds. The molecule has 2 atom stereocenters. The molecule has 0 spiro atoms. The van der Waals surface area contributed by atoms with E-state index in [9.17, 15) is 19.2 Å². The van der Waals surface area contributed by atoms with Gasteiger partial charge in [-0.3, -0.25) is 19.3 Å². The molecule has 0 aromatic rings. The van der Waals surface area contributed by atoms with E-state index in [1.165, 1.54) is 12.0 Å². The van der Waals surface area contributed by atoms with Crippen molar-refractivity contribution in [2.45, 2.75) is 70.8 Å². The highest BCUT2D eigenvalue weighted by Crippen LogP contribution is 2.24. The first kappa shape index (κ1) is 19.6. The van der Waals surface area contributed by atoms with Gasteiger partial charge in [0.1, 0.15) is 6.54 Å². The molecule has 0 aromatic carbocycles. The average molecular weight is 375 g/mol. The van der Waals surface area contributed by atoms with Crippen molar-refractivity contribution in [3.8, 4) is 0 Å². The monoisotopic (exact) mass is 375 g/mol. The van der Waals surface area contributed by atoms with E-state index >= 15 is 0 Å². The predicted molar refractivity (Wildman–Crippen MR) is 99.6 cm³/mol. The van der Waals surface area contributed by atoms with Gasteiger partial charge < -0.3 is 5.32 Å². The van der Waals surface area contributed by atoms with Crippen LogP contribution in [-0.2, 0) is 14.4 Å². The first-order valence-corrected chi connectivity index (χ1v) is 10.1. The van der Waals surface area contributed by atoms with Crippen LogP contribution in [0.25, 0.3) is 0 Å². The van der Waals surface area contributed by atoms with Crippen LogP contribution in [0.4, 0.5) is 4.79 Å². The summed E-state index contributed by atoms with van der Waals surface area (Å²) < 4.78 is 0. The van der Waals surface area contributed by atoms with Crippen molar-refractivity contribution in [2.75, 3.05) is 13.1 Å². The fourth-order valence-electron chi connectivity index (χ4n) is 4.20. The molecule has 27 heavy (non-hydrogen) atoms. The lowest BCUT2D eigenvalue weighted by molar-refractivity contribution is -0.144. The lowest BCUT2D eigenvalue weighted by Gasteiger charge is -2.29. The summed E-state index contributed by atoms with van der Waals surface area (Å²) in [7, 11) is 0. The van der Waals surface area contributed by atoms with Crippen molar-refractivity contribution >= 4 is 23.8 Å². The van der Waals surface area contributed by atoms with E-state index in [0.29, 0.717) is 12.3 Å². The highest BCUT2D eigenvalue weighted by Gasteiger charge is 2.45. The highest BCUT2D eigenvalue weighted by molar-refractivity contribution is 6.45. The lowest BCUT2D eigenvalue weighted by atomic mass is 9.86. The molecular weight excluding hydrogens is 346 g/mol. The number of hydrogen-bond donors (Lipinski definition) is 1. The molecule has 7 heteroatoms. The Hall–Kier alpha value is -2.18. The molecule has 3 aliphatic rings. The van der Waals surface area contributed by atoms with E-state index in [0.717, 1.165) is 54.7 Å². The van der Waals surface area contributed by atoms with Gasteiger partial charge in [0, 0.05) is 12.6 Å². The Morgan fingerprint density at radius 1 is 1.07 bits per heavy atom. The molecule has 0 aromatic heterocycles. The Bertz CT molecular complexity index is 658. The minimum atomic E-state index is -0.899. The fraction of sp³-hybridized carbons (Fsp3) is 0.700. The average Bonchev–Trinajstić information content (AvgIpc) is 2.86. The Kier molecular flexibility index (Phi) is 6.29. The number of nitrogens with one attached hydrogen (secondary N) is 1. The first-order valence-electron chi connectivity index (χ1n) is 10.1. The fourth-order valence-corrected chi connectivity index (χ4v) is 4.20. The van der Waals surface area contributed by atoms with Gasteiger partial charge >= 0.3 is 17.8 Å². The van der Waals surface area contributed by atoms with Crippen LogP contribution in [0.2, 0.25) is 0 Å². The number of hydrogen-bond acceptors (Lipinski definition) is 4. The first-order chi connectivity index (χ1) is 13.0. The van der Waals surface area contributed by atoms with E-state index in [1.807, 2.05) is 0 Å². The van der Waals surface area contributed by atoms with Gasteiger partial charge in [-0.2, -0.15) is 0 Å². The Morgan fingerprint density at radius 2 is 1.81 bits per heavy atom. The second-order valence-electron chi connectivity index (χ2n) is 7.92. The number of allylic oxidation sites excluding steroid dienone is 1. The van der Waals surface area contributed by atoms with Gasteiger partial charge in [-0.15, -0.1) is 0 Å². The number of nitrogens with zero attached hydrogens (tertiary/aromatic N) is 2. The van der Waals surface area contributed by atoms with Gasteiger partial charge in [0.25, 0.3) is 0 Å². The van der Waals surface area contributed by atoms with E-state index in [1.54, 1.807) is 0 Å². The van der Waals surface area contributed by atoms with Crippen molar-refractivity contribution in [2.24, 2.45) is 5.92 Å². The van der Waals surface area contributed by atoms with Gasteiger partial charge in [-0.05, 0) is 50.9 Å². The van der Waals surface area contributed by atoms with Gasteiger partial charge in [-0.1, -0.05) is 31.4 Å².